The average molecular weight is 395 g/mol. The first-order valence-electron chi connectivity index (χ1n) is 8.18. The molecule has 1 atom stereocenters. The SMILES string of the molecule is Cc1cc(C)cc(N([C@@H](C)C(=O)NCc2ccc(Cl)cc2)S(C)(=O)=O)c1. The molecular formula is C19H23ClN2O3S. The summed E-state index contributed by atoms with van der Waals surface area (Å²) in [6.07, 6.45) is 1.10. The lowest BCUT2D eigenvalue weighted by atomic mass is 10.1. The largest absolute Gasteiger partial charge is 0.350 e. The zero-order valence-electron chi connectivity index (χ0n) is 15.3. The van der Waals surface area contributed by atoms with Crippen molar-refractivity contribution in [2.45, 2.75) is 33.4 Å². The van der Waals surface area contributed by atoms with Gasteiger partial charge >= 0.3 is 0 Å². The van der Waals surface area contributed by atoms with E-state index in [0.717, 1.165) is 27.3 Å². The van der Waals surface area contributed by atoms with E-state index in [0.29, 0.717) is 17.3 Å². The maximum Gasteiger partial charge on any atom is 0.243 e. The van der Waals surface area contributed by atoms with Crippen molar-refractivity contribution in [2.75, 3.05) is 10.6 Å². The van der Waals surface area contributed by atoms with Gasteiger partial charge in [-0.3, -0.25) is 9.10 Å². The van der Waals surface area contributed by atoms with E-state index in [9.17, 15) is 13.2 Å². The second-order valence-electron chi connectivity index (χ2n) is 6.42. The third kappa shape index (κ3) is 5.22. The number of hydrogen-bond donors (Lipinski definition) is 1. The maximum atomic E-state index is 12.6. The Kier molecular flexibility index (Phi) is 6.31. The fourth-order valence-electron chi connectivity index (χ4n) is 2.83. The molecule has 0 unspecified atom stereocenters. The van der Waals surface area contributed by atoms with Crippen molar-refractivity contribution in [3.63, 3.8) is 0 Å². The second-order valence-corrected chi connectivity index (χ2v) is 8.72. The van der Waals surface area contributed by atoms with E-state index >= 15 is 0 Å². The fourth-order valence-corrected chi connectivity index (χ4v) is 4.11. The number of sulfonamides is 1. The van der Waals surface area contributed by atoms with Gasteiger partial charge in [-0.05, 0) is 61.7 Å². The molecule has 2 aromatic rings. The molecule has 0 saturated heterocycles. The zero-order chi connectivity index (χ0) is 19.5. The molecular weight excluding hydrogens is 372 g/mol. The quantitative estimate of drug-likeness (QED) is 0.816. The van der Waals surface area contributed by atoms with Gasteiger partial charge in [0.25, 0.3) is 0 Å². The van der Waals surface area contributed by atoms with Crippen molar-refractivity contribution >= 4 is 33.2 Å². The molecule has 7 heteroatoms. The van der Waals surface area contributed by atoms with Gasteiger partial charge in [0, 0.05) is 11.6 Å². The van der Waals surface area contributed by atoms with E-state index in [1.165, 1.54) is 0 Å². The van der Waals surface area contributed by atoms with Gasteiger partial charge < -0.3 is 5.32 Å². The highest BCUT2D eigenvalue weighted by atomic mass is 35.5. The fraction of sp³-hybridized carbons (Fsp3) is 0.316. The molecule has 2 aromatic carbocycles. The van der Waals surface area contributed by atoms with Gasteiger partial charge in [-0.25, -0.2) is 8.42 Å². The van der Waals surface area contributed by atoms with Crippen molar-refractivity contribution in [1.82, 2.24) is 5.32 Å². The van der Waals surface area contributed by atoms with Crippen LogP contribution in [-0.2, 0) is 21.4 Å². The number of nitrogens with one attached hydrogen (secondary N) is 1. The molecule has 0 bridgehead atoms. The minimum Gasteiger partial charge on any atom is -0.350 e. The summed E-state index contributed by atoms with van der Waals surface area (Å²) in [6.45, 7) is 5.66. The average Bonchev–Trinajstić information content (AvgIpc) is 2.51. The lowest BCUT2D eigenvalue weighted by molar-refractivity contribution is -0.122. The third-order valence-corrected chi connectivity index (χ3v) is 5.42. The Labute approximate surface area is 160 Å². The topological polar surface area (TPSA) is 66.5 Å². The molecule has 26 heavy (non-hydrogen) atoms. The highest BCUT2D eigenvalue weighted by Gasteiger charge is 2.29. The molecule has 0 spiro atoms. The molecule has 2 rings (SSSR count). The van der Waals surface area contributed by atoms with Crippen LogP contribution in [0.2, 0.25) is 5.02 Å². The molecule has 0 aliphatic rings. The summed E-state index contributed by atoms with van der Waals surface area (Å²) in [6, 6.07) is 11.7. The van der Waals surface area contributed by atoms with Crippen LogP contribution in [0.4, 0.5) is 5.69 Å². The molecule has 5 nitrogen and oxygen atoms in total. The van der Waals surface area contributed by atoms with Crippen LogP contribution in [0.25, 0.3) is 0 Å². The van der Waals surface area contributed by atoms with E-state index in [4.69, 9.17) is 11.6 Å². The number of hydrogen-bond acceptors (Lipinski definition) is 3. The van der Waals surface area contributed by atoms with Crippen molar-refractivity contribution in [2.24, 2.45) is 0 Å². The molecule has 0 radical (unpaired) electrons. The van der Waals surface area contributed by atoms with Gasteiger partial charge in [0.2, 0.25) is 15.9 Å². The molecule has 1 amide bonds. The predicted molar refractivity (Wildman–Crippen MR) is 106 cm³/mol. The van der Waals surface area contributed by atoms with Crippen LogP contribution >= 0.6 is 11.6 Å². The molecule has 1 N–H and O–H groups in total. The standard InChI is InChI=1S/C19H23ClN2O3S/c1-13-9-14(2)11-18(10-13)22(26(4,24)25)15(3)19(23)21-12-16-5-7-17(20)8-6-16/h5-11,15H,12H2,1-4H3,(H,21,23)/t15-/m0/s1. The Morgan fingerprint density at radius 2 is 1.65 bits per heavy atom. The van der Waals surface area contributed by atoms with E-state index in [1.54, 1.807) is 31.2 Å². The number of nitrogens with zero attached hydrogens (tertiary/aromatic N) is 1. The van der Waals surface area contributed by atoms with Gasteiger partial charge in [-0.1, -0.05) is 29.8 Å². The third-order valence-electron chi connectivity index (χ3n) is 3.93. The van der Waals surface area contributed by atoms with Crippen LogP contribution in [0, 0.1) is 13.8 Å². The summed E-state index contributed by atoms with van der Waals surface area (Å²) in [7, 11) is -3.63. The van der Waals surface area contributed by atoms with E-state index in [1.807, 2.05) is 32.0 Å². The lowest BCUT2D eigenvalue weighted by Gasteiger charge is -2.28. The van der Waals surface area contributed by atoms with Crippen LogP contribution in [0.15, 0.2) is 42.5 Å². The number of aryl methyl sites for hydroxylation is 2. The summed E-state index contributed by atoms with van der Waals surface area (Å²) in [5.41, 5.74) is 3.23. The van der Waals surface area contributed by atoms with Crippen LogP contribution in [0.1, 0.15) is 23.6 Å². The van der Waals surface area contributed by atoms with Crippen LogP contribution in [0.5, 0.6) is 0 Å². The number of halogens is 1. The van der Waals surface area contributed by atoms with Crippen LogP contribution in [-0.4, -0.2) is 26.6 Å². The number of carbonyl (C=O) groups excluding carboxylic acids is 1. The predicted octanol–water partition coefficient (Wildman–Crippen LogP) is 3.43. The molecule has 0 aliphatic carbocycles. The Morgan fingerprint density at radius 3 is 2.15 bits per heavy atom. The van der Waals surface area contributed by atoms with Gasteiger partial charge in [-0.2, -0.15) is 0 Å². The molecule has 0 heterocycles. The summed E-state index contributed by atoms with van der Waals surface area (Å²) < 4.78 is 25.8. The highest BCUT2D eigenvalue weighted by Crippen LogP contribution is 2.24. The van der Waals surface area contributed by atoms with Gasteiger partial charge in [0.05, 0.1) is 11.9 Å². The summed E-state index contributed by atoms with van der Waals surface area (Å²) in [5, 5.41) is 3.40. The first-order chi connectivity index (χ1) is 12.1. The van der Waals surface area contributed by atoms with E-state index in [-0.39, 0.29) is 5.91 Å². The highest BCUT2D eigenvalue weighted by molar-refractivity contribution is 7.92. The summed E-state index contributed by atoms with van der Waals surface area (Å²) >= 11 is 5.85. The second kappa shape index (κ2) is 8.10. The number of benzene rings is 2. The van der Waals surface area contributed by atoms with E-state index < -0.39 is 16.1 Å². The number of carbonyl (C=O) groups is 1. The van der Waals surface area contributed by atoms with Crippen LogP contribution in [0.3, 0.4) is 0 Å². The molecule has 140 valence electrons. The number of anilines is 1. The lowest BCUT2D eigenvalue weighted by Crippen LogP contribution is -2.47. The molecule has 0 fully saturated rings. The molecule has 0 aromatic heterocycles. The summed E-state index contributed by atoms with van der Waals surface area (Å²) in [5.74, 6) is -0.371. The van der Waals surface area contributed by atoms with E-state index in [2.05, 4.69) is 5.32 Å². The Morgan fingerprint density at radius 1 is 1.12 bits per heavy atom. The normalized spacial score (nSPS) is 12.5. The first kappa shape index (κ1) is 20.3. The molecule has 0 saturated carbocycles. The van der Waals surface area contributed by atoms with Gasteiger partial charge in [0.1, 0.15) is 6.04 Å². The van der Waals surface area contributed by atoms with Crippen LogP contribution < -0.4 is 9.62 Å². The van der Waals surface area contributed by atoms with Gasteiger partial charge in [0.15, 0.2) is 0 Å². The van der Waals surface area contributed by atoms with Crippen molar-refractivity contribution in [3.8, 4) is 0 Å². The van der Waals surface area contributed by atoms with Gasteiger partial charge in [-0.15, -0.1) is 0 Å². The monoisotopic (exact) mass is 394 g/mol. The first-order valence-corrected chi connectivity index (χ1v) is 10.4. The number of amides is 1. The van der Waals surface area contributed by atoms with Crippen molar-refractivity contribution < 1.29 is 13.2 Å². The maximum absolute atomic E-state index is 12.6. The minimum atomic E-state index is -3.63. The zero-order valence-corrected chi connectivity index (χ0v) is 16.9. The van der Waals surface area contributed by atoms with Crippen molar-refractivity contribution in [3.05, 3.63) is 64.2 Å². The Hall–Kier alpha value is -2.05. The van der Waals surface area contributed by atoms with Crippen molar-refractivity contribution in [1.29, 1.82) is 0 Å². The smallest absolute Gasteiger partial charge is 0.243 e. The Bertz CT molecular complexity index is 875. The number of rotatable bonds is 6. The Balaban J connectivity index is 2.22. The minimum absolute atomic E-state index is 0.296. The summed E-state index contributed by atoms with van der Waals surface area (Å²) in [4.78, 5) is 12.6. The molecule has 0 aliphatic heterocycles.